The number of amides is 1. The molecule has 0 spiro atoms. The van der Waals surface area contributed by atoms with Crippen molar-refractivity contribution in [1.82, 2.24) is 5.32 Å². The fourth-order valence-corrected chi connectivity index (χ4v) is 3.51. The predicted octanol–water partition coefficient (Wildman–Crippen LogP) is 2.99. The summed E-state index contributed by atoms with van der Waals surface area (Å²) in [5.74, 6) is -0.245. The molecule has 2 aromatic rings. The first kappa shape index (κ1) is 18.4. The molecule has 24 heavy (non-hydrogen) atoms. The van der Waals surface area contributed by atoms with Crippen molar-refractivity contribution >= 4 is 32.9 Å². The van der Waals surface area contributed by atoms with Gasteiger partial charge in [0.05, 0.1) is 15.8 Å². The molecule has 5 nitrogen and oxygen atoms in total. The van der Waals surface area contributed by atoms with Gasteiger partial charge in [-0.25, -0.2) is 8.42 Å². The highest BCUT2D eigenvalue weighted by Gasteiger charge is 2.14. The van der Waals surface area contributed by atoms with Crippen molar-refractivity contribution in [3.05, 3.63) is 52.2 Å². The van der Waals surface area contributed by atoms with Gasteiger partial charge in [-0.1, -0.05) is 18.2 Å². The average molecular weight is 365 g/mol. The fraction of sp³-hybridized carbons (Fsp3) is 0.294. The van der Waals surface area contributed by atoms with Gasteiger partial charge in [0.25, 0.3) is 0 Å². The molecular weight excluding hydrogens is 346 g/mol. The normalized spacial score (nSPS) is 12.6. The molecule has 0 aliphatic heterocycles. The lowest BCUT2D eigenvalue weighted by Crippen LogP contribution is -2.26. The summed E-state index contributed by atoms with van der Waals surface area (Å²) < 4.78 is 22.9. The number of thiophene rings is 1. The van der Waals surface area contributed by atoms with Crippen LogP contribution in [-0.4, -0.2) is 26.4 Å². The van der Waals surface area contributed by atoms with E-state index in [-0.39, 0.29) is 35.5 Å². The zero-order valence-corrected chi connectivity index (χ0v) is 15.1. The molecule has 0 saturated carbocycles. The summed E-state index contributed by atoms with van der Waals surface area (Å²) in [6.07, 6.45) is 1.45. The smallest absolute Gasteiger partial charge is 0.220 e. The second kappa shape index (κ2) is 7.72. The maximum Gasteiger partial charge on any atom is 0.220 e. The molecule has 2 rings (SSSR count). The van der Waals surface area contributed by atoms with Gasteiger partial charge in [0, 0.05) is 19.1 Å². The summed E-state index contributed by atoms with van der Waals surface area (Å²) >= 11 is 1.37. The standard InChI is InChI=1S/C17H19NO4S2/c1-12(13-5-7-14(8-6-13)24(2,21)22)18-17(20)10-9-15(19)16-4-3-11-23-16/h3-8,11-12H,9-10H2,1-2H3,(H,18,20). The third-order valence-electron chi connectivity index (χ3n) is 3.56. The summed E-state index contributed by atoms with van der Waals surface area (Å²) in [5, 5.41) is 4.65. The highest BCUT2D eigenvalue weighted by Crippen LogP contribution is 2.17. The SMILES string of the molecule is CC(NC(=O)CCC(=O)c1cccs1)c1ccc(S(C)(=O)=O)cc1. The van der Waals surface area contributed by atoms with Crippen LogP contribution >= 0.6 is 11.3 Å². The first-order valence-corrected chi connectivity index (χ1v) is 10.2. The Kier molecular flexibility index (Phi) is 5.90. The van der Waals surface area contributed by atoms with Crippen molar-refractivity contribution in [3.63, 3.8) is 0 Å². The molecule has 128 valence electrons. The molecule has 1 amide bonds. The van der Waals surface area contributed by atoms with Crippen LogP contribution in [0, 0.1) is 0 Å². The quantitative estimate of drug-likeness (QED) is 0.765. The Labute approximate surface area is 145 Å². The monoisotopic (exact) mass is 365 g/mol. The number of rotatable bonds is 7. The Morgan fingerprint density at radius 3 is 2.33 bits per heavy atom. The van der Waals surface area contributed by atoms with Gasteiger partial charge in [-0.05, 0) is 36.1 Å². The maximum absolute atomic E-state index is 12.0. The molecule has 7 heteroatoms. The van der Waals surface area contributed by atoms with Crippen LogP contribution in [0.5, 0.6) is 0 Å². The van der Waals surface area contributed by atoms with E-state index in [9.17, 15) is 18.0 Å². The van der Waals surface area contributed by atoms with Crippen molar-refractivity contribution in [1.29, 1.82) is 0 Å². The Morgan fingerprint density at radius 1 is 1.12 bits per heavy atom. The Morgan fingerprint density at radius 2 is 1.79 bits per heavy atom. The van der Waals surface area contributed by atoms with Gasteiger partial charge in [-0.3, -0.25) is 9.59 Å². The van der Waals surface area contributed by atoms with Crippen LogP contribution in [0.4, 0.5) is 0 Å². The summed E-state index contributed by atoms with van der Waals surface area (Å²) in [7, 11) is -3.23. The van der Waals surface area contributed by atoms with E-state index in [0.717, 1.165) is 11.8 Å². The number of hydrogen-bond donors (Lipinski definition) is 1. The van der Waals surface area contributed by atoms with Gasteiger partial charge in [-0.2, -0.15) is 0 Å². The van der Waals surface area contributed by atoms with Crippen LogP contribution in [-0.2, 0) is 14.6 Å². The summed E-state index contributed by atoms with van der Waals surface area (Å²) in [6, 6.07) is 9.69. The van der Waals surface area contributed by atoms with Crippen molar-refractivity contribution < 1.29 is 18.0 Å². The topological polar surface area (TPSA) is 80.3 Å². The number of Topliss-reactive ketones (excluding diaryl/α,β-unsaturated/α-hetero) is 1. The van der Waals surface area contributed by atoms with Crippen LogP contribution in [0.2, 0.25) is 0 Å². The third kappa shape index (κ3) is 5.01. The lowest BCUT2D eigenvalue weighted by atomic mass is 10.1. The van der Waals surface area contributed by atoms with Crippen LogP contribution in [0.25, 0.3) is 0 Å². The molecule has 1 unspecified atom stereocenters. The minimum absolute atomic E-state index is 0.0368. The van der Waals surface area contributed by atoms with E-state index in [1.165, 1.54) is 23.5 Å². The number of hydrogen-bond acceptors (Lipinski definition) is 5. The lowest BCUT2D eigenvalue weighted by molar-refractivity contribution is -0.121. The summed E-state index contributed by atoms with van der Waals surface area (Å²) in [6.45, 7) is 1.81. The first-order chi connectivity index (χ1) is 11.3. The molecular formula is C17H19NO4S2. The molecule has 1 heterocycles. The van der Waals surface area contributed by atoms with Gasteiger partial charge in [-0.15, -0.1) is 11.3 Å². The maximum atomic E-state index is 12.0. The molecule has 0 bridgehead atoms. The van der Waals surface area contributed by atoms with E-state index in [0.29, 0.717) is 4.88 Å². The predicted molar refractivity (Wildman–Crippen MR) is 94.0 cm³/mol. The van der Waals surface area contributed by atoms with Crippen LogP contribution in [0.3, 0.4) is 0 Å². The highest BCUT2D eigenvalue weighted by atomic mass is 32.2. The zero-order valence-electron chi connectivity index (χ0n) is 13.5. The second-order valence-electron chi connectivity index (χ2n) is 5.53. The Balaban J connectivity index is 1.88. The van der Waals surface area contributed by atoms with E-state index in [4.69, 9.17) is 0 Å². The van der Waals surface area contributed by atoms with Gasteiger partial charge in [0.1, 0.15) is 0 Å². The minimum atomic E-state index is -3.23. The molecule has 0 radical (unpaired) electrons. The van der Waals surface area contributed by atoms with E-state index < -0.39 is 9.84 Å². The molecule has 1 N–H and O–H groups in total. The molecule has 1 atom stereocenters. The highest BCUT2D eigenvalue weighted by molar-refractivity contribution is 7.90. The van der Waals surface area contributed by atoms with Crippen LogP contribution < -0.4 is 5.32 Å². The van der Waals surface area contributed by atoms with E-state index in [2.05, 4.69) is 5.32 Å². The molecule has 1 aromatic carbocycles. The first-order valence-electron chi connectivity index (χ1n) is 7.43. The van der Waals surface area contributed by atoms with Crippen LogP contribution in [0.1, 0.15) is 41.0 Å². The van der Waals surface area contributed by atoms with Crippen LogP contribution in [0.15, 0.2) is 46.7 Å². The summed E-state index contributed by atoms with van der Waals surface area (Å²) in [5.41, 5.74) is 0.806. The third-order valence-corrected chi connectivity index (χ3v) is 5.60. The van der Waals surface area contributed by atoms with Gasteiger partial charge >= 0.3 is 0 Å². The molecule has 0 fully saturated rings. The second-order valence-corrected chi connectivity index (χ2v) is 8.49. The fourth-order valence-electron chi connectivity index (χ4n) is 2.19. The van der Waals surface area contributed by atoms with E-state index in [1.807, 2.05) is 12.3 Å². The van der Waals surface area contributed by atoms with Crippen molar-refractivity contribution in [2.75, 3.05) is 6.26 Å². The molecule has 0 aliphatic carbocycles. The lowest BCUT2D eigenvalue weighted by Gasteiger charge is -2.14. The largest absolute Gasteiger partial charge is 0.350 e. The average Bonchev–Trinajstić information content (AvgIpc) is 3.06. The van der Waals surface area contributed by atoms with E-state index in [1.54, 1.807) is 24.3 Å². The zero-order chi connectivity index (χ0) is 17.7. The van der Waals surface area contributed by atoms with Crippen molar-refractivity contribution in [2.45, 2.75) is 30.7 Å². The number of ketones is 1. The number of carbonyl (C=O) groups excluding carboxylic acids is 2. The number of benzene rings is 1. The van der Waals surface area contributed by atoms with E-state index >= 15 is 0 Å². The Hall–Kier alpha value is -1.99. The number of nitrogens with one attached hydrogen (secondary N) is 1. The van der Waals surface area contributed by atoms with Gasteiger partial charge < -0.3 is 5.32 Å². The van der Waals surface area contributed by atoms with Crippen molar-refractivity contribution in [2.24, 2.45) is 0 Å². The van der Waals surface area contributed by atoms with Gasteiger partial charge in [0.2, 0.25) is 5.91 Å². The summed E-state index contributed by atoms with van der Waals surface area (Å²) in [4.78, 5) is 24.7. The van der Waals surface area contributed by atoms with Crippen molar-refractivity contribution in [3.8, 4) is 0 Å². The molecule has 1 aromatic heterocycles. The minimum Gasteiger partial charge on any atom is -0.350 e. The number of carbonyl (C=O) groups is 2. The molecule has 0 saturated heterocycles. The Bertz CT molecular complexity index is 809. The molecule has 0 aliphatic rings. The van der Waals surface area contributed by atoms with Gasteiger partial charge in [0.15, 0.2) is 15.6 Å². The number of sulfone groups is 1.